The molecule has 1 aromatic carbocycles. The number of hydrogen-bond acceptors (Lipinski definition) is 3. The number of carbonyl (C=O) groups excluding carboxylic acids is 2. The third-order valence-corrected chi connectivity index (χ3v) is 1.77. The van der Waals surface area contributed by atoms with Gasteiger partial charge in [-0.15, -0.1) is 0 Å². The van der Waals surface area contributed by atoms with Crippen molar-refractivity contribution in [3.05, 3.63) is 35.9 Å². The summed E-state index contributed by atoms with van der Waals surface area (Å²) in [7, 11) is 0. The van der Waals surface area contributed by atoms with Gasteiger partial charge in [0.25, 0.3) is 5.91 Å². The fraction of sp³-hybridized carbons (Fsp3) is 0.385. The molecule has 0 bridgehead atoms. The number of hydrogen-bond donors (Lipinski definition) is 1. The Morgan fingerprint density at radius 2 is 2.06 bits per heavy atom. The number of carbonyl (C=O) groups is 2. The van der Waals surface area contributed by atoms with E-state index in [-0.39, 0.29) is 12.5 Å². The Bertz CT molecular complexity index is 393. The molecule has 1 amide bonds. The Hall–Kier alpha value is -1.84. The van der Waals surface area contributed by atoms with Crippen LogP contribution in [0.2, 0.25) is 0 Å². The van der Waals surface area contributed by atoms with Gasteiger partial charge in [-0.2, -0.15) is 0 Å². The highest BCUT2D eigenvalue weighted by Gasteiger charge is 2.16. The molecule has 0 saturated heterocycles. The molecule has 1 N–H and O–H groups in total. The lowest BCUT2D eigenvalue weighted by atomic mass is 10.2. The summed E-state index contributed by atoms with van der Waals surface area (Å²) in [5.74, 6) is -0.793. The van der Waals surface area contributed by atoms with Crippen LogP contribution in [0.15, 0.2) is 24.3 Å². The number of nitrogens with one attached hydrogen (secondary N) is 1. The van der Waals surface area contributed by atoms with Crippen LogP contribution in [0, 0.1) is 6.07 Å². The standard InChI is InChI=1S/C13H16NO3/c1-13(2,3)17-11(15)9-14-12(16)10-7-5-4-6-8-10/h4-7H,9H2,1-3H3,(H,14,16). The zero-order valence-corrected chi connectivity index (χ0v) is 10.2. The van der Waals surface area contributed by atoms with Crippen LogP contribution in [0.5, 0.6) is 0 Å². The van der Waals surface area contributed by atoms with Crippen LogP contribution in [0.1, 0.15) is 31.1 Å². The van der Waals surface area contributed by atoms with Crippen molar-refractivity contribution in [3.63, 3.8) is 0 Å². The van der Waals surface area contributed by atoms with E-state index in [9.17, 15) is 9.59 Å². The zero-order valence-electron chi connectivity index (χ0n) is 10.2. The van der Waals surface area contributed by atoms with E-state index in [1.54, 1.807) is 45.0 Å². The largest absolute Gasteiger partial charge is 0.459 e. The number of ether oxygens (including phenoxy) is 1. The molecule has 0 spiro atoms. The Morgan fingerprint density at radius 3 is 2.59 bits per heavy atom. The van der Waals surface area contributed by atoms with E-state index in [4.69, 9.17) is 4.74 Å². The second-order valence-electron chi connectivity index (χ2n) is 4.55. The molecule has 4 heteroatoms. The molecular weight excluding hydrogens is 218 g/mol. The van der Waals surface area contributed by atoms with Gasteiger partial charge >= 0.3 is 5.97 Å². The maximum Gasteiger partial charge on any atom is 0.325 e. The average molecular weight is 234 g/mol. The minimum absolute atomic E-state index is 0.140. The molecular formula is C13H16NO3. The number of esters is 1. The maximum absolute atomic E-state index is 11.6. The second kappa shape index (κ2) is 5.48. The van der Waals surface area contributed by atoms with E-state index in [1.807, 2.05) is 0 Å². The zero-order chi connectivity index (χ0) is 12.9. The summed E-state index contributed by atoms with van der Waals surface area (Å²) < 4.78 is 5.06. The topological polar surface area (TPSA) is 55.4 Å². The first-order valence-corrected chi connectivity index (χ1v) is 5.35. The smallest absolute Gasteiger partial charge is 0.325 e. The predicted molar refractivity (Wildman–Crippen MR) is 63.5 cm³/mol. The molecule has 91 valence electrons. The van der Waals surface area contributed by atoms with Gasteiger partial charge in [0.1, 0.15) is 12.1 Å². The Labute approximate surface area is 101 Å². The van der Waals surface area contributed by atoms with Gasteiger partial charge in [0.2, 0.25) is 0 Å². The first kappa shape index (κ1) is 13.2. The second-order valence-corrected chi connectivity index (χ2v) is 4.55. The SMILES string of the molecule is CC(C)(C)OC(=O)CNC(=O)c1[c]cccc1. The van der Waals surface area contributed by atoms with Crippen molar-refractivity contribution in [2.45, 2.75) is 26.4 Å². The van der Waals surface area contributed by atoms with E-state index >= 15 is 0 Å². The van der Waals surface area contributed by atoms with E-state index in [0.29, 0.717) is 5.56 Å². The number of benzene rings is 1. The fourth-order valence-electron chi connectivity index (χ4n) is 1.16. The minimum Gasteiger partial charge on any atom is -0.459 e. The quantitative estimate of drug-likeness (QED) is 0.807. The third-order valence-electron chi connectivity index (χ3n) is 1.77. The lowest BCUT2D eigenvalue weighted by Crippen LogP contribution is -2.34. The molecule has 0 heterocycles. The van der Waals surface area contributed by atoms with E-state index in [2.05, 4.69) is 11.4 Å². The highest BCUT2D eigenvalue weighted by Crippen LogP contribution is 2.06. The van der Waals surface area contributed by atoms with Crippen LogP contribution in [-0.4, -0.2) is 24.0 Å². The van der Waals surface area contributed by atoms with Crippen molar-refractivity contribution in [3.8, 4) is 0 Å². The molecule has 0 aliphatic carbocycles. The van der Waals surface area contributed by atoms with Crippen LogP contribution in [0.25, 0.3) is 0 Å². The Kier molecular flexibility index (Phi) is 4.26. The molecule has 0 fully saturated rings. The van der Waals surface area contributed by atoms with Crippen molar-refractivity contribution >= 4 is 11.9 Å². The summed E-state index contributed by atoms with van der Waals surface area (Å²) in [6.45, 7) is 5.19. The van der Waals surface area contributed by atoms with Crippen LogP contribution in [0.3, 0.4) is 0 Å². The Morgan fingerprint density at radius 1 is 1.35 bits per heavy atom. The first-order valence-electron chi connectivity index (χ1n) is 5.35. The Balaban J connectivity index is 2.42. The van der Waals surface area contributed by atoms with E-state index < -0.39 is 11.6 Å². The van der Waals surface area contributed by atoms with Crippen molar-refractivity contribution in [2.75, 3.05) is 6.54 Å². The van der Waals surface area contributed by atoms with Crippen molar-refractivity contribution in [1.82, 2.24) is 5.32 Å². The fourth-order valence-corrected chi connectivity index (χ4v) is 1.16. The lowest BCUT2D eigenvalue weighted by Gasteiger charge is -2.19. The van der Waals surface area contributed by atoms with Gasteiger partial charge in [-0.05, 0) is 32.9 Å². The van der Waals surface area contributed by atoms with Crippen molar-refractivity contribution < 1.29 is 14.3 Å². The lowest BCUT2D eigenvalue weighted by molar-refractivity contribution is -0.153. The molecule has 17 heavy (non-hydrogen) atoms. The van der Waals surface area contributed by atoms with Gasteiger partial charge in [0, 0.05) is 5.56 Å². The highest BCUT2D eigenvalue weighted by atomic mass is 16.6. The summed E-state index contributed by atoms with van der Waals surface area (Å²) in [4.78, 5) is 22.9. The van der Waals surface area contributed by atoms with Crippen LogP contribution < -0.4 is 5.32 Å². The highest BCUT2D eigenvalue weighted by molar-refractivity contribution is 5.95. The third kappa shape index (κ3) is 5.15. The van der Waals surface area contributed by atoms with Gasteiger partial charge in [-0.3, -0.25) is 9.59 Å². The van der Waals surface area contributed by atoms with E-state index in [1.165, 1.54) is 0 Å². The summed E-state index contributed by atoms with van der Waals surface area (Å²) in [5.41, 5.74) is -0.142. The van der Waals surface area contributed by atoms with Gasteiger partial charge in [-0.25, -0.2) is 0 Å². The molecule has 4 nitrogen and oxygen atoms in total. The molecule has 0 aliphatic rings. The normalized spacial score (nSPS) is 10.8. The van der Waals surface area contributed by atoms with E-state index in [0.717, 1.165) is 0 Å². The minimum atomic E-state index is -0.541. The summed E-state index contributed by atoms with van der Waals surface area (Å²) in [5, 5.41) is 2.48. The van der Waals surface area contributed by atoms with Gasteiger partial charge in [0.15, 0.2) is 0 Å². The molecule has 0 atom stereocenters. The average Bonchev–Trinajstić information content (AvgIpc) is 2.25. The van der Waals surface area contributed by atoms with Gasteiger partial charge in [0.05, 0.1) is 0 Å². The van der Waals surface area contributed by atoms with Crippen molar-refractivity contribution in [1.29, 1.82) is 0 Å². The maximum atomic E-state index is 11.6. The van der Waals surface area contributed by atoms with Gasteiger partial charge in [-0.1, -0.05) is 18.2 Å². The molecule has 1 aromatic rings. The van der Waals surface area contributed by atoms with Crippen molar-refractivity contribution in [2.24, 2.45) is 0 Å². The molecule has 1 rings (SSSR count). The molecule has 0 aliphatic heterocycles. The predicted octanol–water partition coefficient (Wildman–Crippen LogP) is 1.56. The first-order chi connectivity index (χ1) is 7.88. The summed E-state index contributed by atoms with van der Waals surface area (Å²) in [6.07, 6.45) is 0. The molecule has 0 saturated carbocycles. The number of amides is 1. The molecule has 0 aromatic heterocycles. The van der Waals surface area contributed by atoms with Crippen LogP contribution in [0.4, 0.5) is 0 Å². The molecule has 1 radical (unpaired) electrons. The van der Waals surface area contributed by atoms with Crippen LogP contribution in [-0.2, 0) is 9.53 Å². The van der Waals surface area contributed by atoms with Crippen LogP contribution >= 0.6 is 0 Å². The summed E-state index contributed by atoms with van der Waals surface area (Å²) >= 11 is 0. The van der Waals surface area contributed by atoms with Gasteiger partial charge < -0.3 is 10.1 Å². The number of rotatable bonds is 3. The summed E-state index contributed by atoms with van der Waals surface area (Å²) in [6, 6.07) is 9.55. The monoisotopic (exact) mass is 234 g/mol. The molecule has 0 unspecified atom stereocenters.